The fourth-order valence-corrected chi connectivity index (χ4v) is 2.74. The molecule has 2 amide bonds. The van der Waals surface area contributed by atoms with Gasteiger partial charge in [0.2, 0.25) is 0 Å². The van der Waals surface area contributed by atoms with Crippen molar-refractivity contribution in [1.82, 2.24) is 10.6 Å². The van der Waals surface area contributed by atoms with Gasteiger partial charge in [-0.15, -0.1) is 0 Å². The molecule has 0 spiro atoms. The van der Waals surface area contributed by atoms with Crippen LogP contribution in [0.4, 0.5) is 0 Å². The summed E-state index contributed by atoms with van der Waals surface area (Å²) in [7, 11) is 1.45. The van der Waals surface area contributed by atoms with Crippen molar-refractivity contribution >= 4 is 17.4 Å². The minimum Gasteiger partial charge on any atom is -0.504 e. The van der Waals surface area contributed by atoms with E-state index in [-0.39, 0.29) is 6.10 Å². The molecule has 1 saturated heterocycles. The van der Waals surface area contributed by atoms with Crippen LogP contribution in [0.5, 0.6) is 5.75 Å². The van der Waals surface area contributed by atoms with Gasteiger partial charge >= 0.3 is 0 Å². The van der Waals surface area contributed by atoms with Crippen molar-refractivity contribution in [2.45, 2.75) is 12.5 Å². The third-order valence-corrected chi connectivity index (χ3v) is 3.95. The van der Waals surface area contributed by atoms with E-state index in [0.29, 0.717) is 35.7 Å². The van der Waals surface area contributed by atoms with Crippen LogP contribution in [0.2, 0.25) is 0 Å². The fraction of sp³-hybridized carbons (Fsp3) is 0.412. The van der Waals surface area contributed by atoms with Crippen molar-refractivity contribution in [3.63, 3.8) is 0 Å². The molecule has 2 aliphatic rings. The van der Waals surface area contributed by atoms with E-state index in [9.17, 15) is 9.59 Å². The Bertz CT molecular complexity index is 665. The van der Waals surface area contributed by atoms with Crippen LogP contribution in [0.15, 0.2) is 24.5 Å². The number of methoxy groups -OCH3 is 1. The highest BCUT2D eigenvalue weighted by atomic mass is 16.5. The predicted molar refractivity (Wildman–Crippen MR) is 86.6 cm³/mol. The zero-order valence-electron chi connectivity index (χ0n) is 13.5. The van der Waals surface area contributed by atoms with Crippen LogP contribution < -0.4 is 15.4 Å². The van der Waals surface area contributed by atoms with Gasteiger partial charge in [0.15, 0.2) is 0 Å². The van der Waals surface area contributed by atoms with Gasteiger partial charge < -0.3 is 19.5 Å². The number of fused-ring (bicyclic) bond motifs is 1. The topological polar surface area (TPSA) is 85.9 Å². The second-order valence-corrected chi connectivity index (χ2v) is 5.59. The number of imide groups is 1. The normalized spacial score (nSPS) is 22.0. The Balaban J connectivity index is 1.71. The molecule has 2 heterocycles. The summed E-state index contributed by atoms with van der Waals surface area (Å²) in [4.78, 5) is 23.9. The van der Waals surface area contributed by atoms with Crippen molar-refractivity contribution in [1.29, 1.82) is 0 Å². The molecule has 1 atom stereocenters. The van der Waals surface area contributed by atoms with E-state index in [1.807, 2.05) is 0 Å². The zero-order valence-corrected chi connectivity index (χ0v) is 13.5. The maximum Gasteiger partial charge on any atom is 0.261 e. The van der Waals surface area contributed by atoms with Crippen LogP contribution >= 0.6 is 0 Å². The molecule has 2 aliphatic heterocycles. The number of morpholine rings is 1. The van der Waals surface area contributed by atoms with Gasteiger partial charge in [-0.25, -0.2) is 0 Å². The van der Waals surface area contributed by atoms with Gasteiger partial charge in [-0.3, -0.25) is 14.9 Å². The van der Waals surface area contributed by atoms with Crippen LogP contribution in [0.3, 0.4) is 0 Å². The second-order valence-electron chi connectivity index (χ2n) is 5.59. The Kier molecular flexibility index (Phi) is 5.12. The molecule has 7 nitrogen and oxygen atoms in total. The molecule has 7 heteroatoms. The Morgan fingerprint density at radius 1 is 1.29 bits per heavy atom. The lowest BCUT2D eigenvalue weighted by atomic mass is 9.95. The average molecular weight is 332 g/mol. The Morgan fingerprint density at radius 3 is 2.92 bits per heavy atom. The smallest absolute Gasteiger partial charge is 0.261 e. The second kappa shape index (κ2) is 7.46. The number of rotatable bonds is 5. The molecule has 3 rings (SSSR count). The van der Waals surface area contributed by atoms with Crippen LogP contribution in [-0.2, 0) is 14.3 Å². The van der Waals surface area contributed by atoms with Crippen molar-refractivity contribution in [2.75, 3.05) is 33.4 Å². The minimum atomic E-state index is -0.479. The molecule has 1 unspecified atom stereocenters. The van der Waals surface area contributed by atoms with E-state index in [1.54, 1.807) is 18.2 Å². The number of hydrogen-bond acceptors (Lipinski definition) is 6. The van der Waals surface area contributed by atoms with E-state index in [0.717, 1.165) is 19.5 Å². The largest absolute Gasteiger partial charge is 0.504 e. The van der Waals surface area contributed by atoms with E-state index in [2.05, 4.69) is 10.6 Å². The Hall–Kier alpha value is -2.38. The number of ether oxygens (including phenoxy) is 3. The number of nitrogens with one attached hydrogen (secondary N) is 2. The molecular weight excluding hydrogens is 312 g/mol. The number of benzene rings is 1. The highest BCUT2D eigenvalue weighted by molar-refractivity contribution is 6.30. The number of amides is 2. The van der Waals surface area contributed by atoms with E-state index >= 15 is 0 Å². The number of carbonyl (C=O) groups excluding carboxylic acids is 2. The molecular formula is C17H20N2O5. The lowest BCUT2D eigenvalue weighted by Crippen LogP contribution is -2.39. The first-order valence-corrected chi connectivity index (χ1v) is 7.87. The van der Waals surface area contributed by atoms with Crippen molar-refractivity contribution < 1.29 is 23.8 Å². The quantitative estimate of drug-likeness (QED) is 0.469. The molecule has 0 saturated carbocycles. The van der Waals surface area contributed by atoms with E-state index in [1.165, 1.54) is 13.4 Å². The summed E-state index contributed by atoms with van der Waals surface area (Å²) in [5.74, 6) is -0.299. The first-order chi connectivity index (χ1) is 11.7. The molecule has 2 N–H and O–H groups in total. The molecule has 0 radical (unpaired) electrons. The lowest BCUT2D eigenvalue weighted by Gasteiger charge is -2.23. The minimum absolute atomic E-state index is 0.146. The zero-order chi connectivity index (χ0) is 16.9. The summed E-state index contributed by atoms with van der Waals surface area (Å²) in [5, 5.41) is 5.56. The van der Waals surface area contributed by atoms with Gasteiger partial charge in [-0.2, -0.15) is 0 Å². The summed E-state index contributed by atoms with van der Waals surface area (Å²) < 4.78 is 16.3. The maximum absolute atomic E-state index is 11.9. The summed E-state index contributed by atoms with van der Waals surface area (Å²) in [5.41, 5.74) is 1.24. The molecule has 1 aromatic rings. The average Bonchev–Trinajstić information content (AvgIpc) is 2.59. The maximum atomic E-state index is 11.9. The summed E-state index contributed by atoms with van der Waals surface area (Å²) >= 11 is 0. The van der Waals surface area contributed by atoms with E-state index in [4.69, 9.17) is 14.2 Å². The number of hydrogen-bond donors (Lipinski definition) is 2. The van der Waals surface area contributed by atoms with Crippen molar-refractivity contribution in [2.24, 2.45) is 0 Å². The lowest BCUT2D eigenvalue weighted by molar-refractivity contribution is -0.114. The van der Waals surface area contributed by atoms with Gasteiger partial charge in [-0.05, 0) is 18.2 Å². The molecule has 1 aromatic carbocycles. The van der Waals surface area contributed by atoms with E-state index < -0.39 is 11.8 Å². The van der Waals surface area contributed by atoms with Gasteiger partial charge in [0.05, 0.1) is 38.3 Å². The molecule has 0 bridgehead atoms. The molecule has 1 fully saturated rings. The summed E-state index contributed by atoms with van der Waals surface area (Å²) in [6, 6.07) is 5.06. The first kappa shape index (κ1) is 16.5. The fourth-order valence-electron chi connectivity index (χ4n) is 2.74. The Morgan fingerprint density at radius 2 is 2.17 bits per heavy atom. The van der Waals surface area contributed by atoms with Crippen LogP contribution in [0.1, 0.15) is 22.3 Å². The first-order valence-electron chi connectivity index (χ1n) is 7.87. The molecule has 24 heavy (non-hydrogen) atoms. The van der Waals surface area contributed by atoms with Crippen LogP contribution in [0.25, 0.3) is 5.57 Å². The standard InChI is InChI=1S/C17H20N2O5/c1-22-10-15-14-8-11(2-3-13(14)16(20)19-17(15)21)23-6-4-12-9-18-5-7-24-12/h2-3,8,10,12,18H,4-7,9H2,1H3,(H,19,20,21). The number of carbonyl (C=O) groups is 2. The predicted octanol–water partition coefficient (Wildman–Crippen LogP) is 0.701. The van der Waals surface area contributed by atoms with Gasteiger partial charge in [0.25, 0.3) is 11.8 Å². The van der Waals surface area contributed by atoms with Gasteiger partial charge in [0.1, 0.15) is 5.75 Å². The summed E-state index contributed by atoms with van der Waals surface area (Å²) in [6.45, 7) is 2.91. The van der Waals surface area contributed by atoms with Crippen LogP contribution in [0, 0.1) is 0 Å². The highest BCUT2D eigenvalue weighted by Gasteiger charge is 2.28. The van der Waals surface area contributed by atoms with Crippen molar-refractivity contribution in [3.05, 3.63) is 35.6 Å². The SMILES string of the molecule is COC=C1C(=O)NC(=O)c2ccc(OCCC3CNCCO3)cc21. The monoisotopic (exact) mass is 332 g/mol. The van der Waals surface area contributed by atoms with Gasteiger partial charge in [0, 0.05) is 30.6 Å². The molecule has 0 aliphatic carbocycles. The van der Waals surface area contributed by atoms with Crippen LogP contribution in [-0.4, -0.2) is 51.3 Å². The third kappa shape index (κ3) is 3.58. The third-order valence-electron chi connectivity index (χ3n) is 3.95. The summed E-state index contributed by atoms with van der Waals surface area (Å²) in [6.07, 6.45) is 2.24. The molecule has 128 valence electrons. The highest BCUT2D eigenvalue weighted by Crippen LogP contribution is 2.28. The Labute approximate surface area is 140 Å². The van der Waals surface area contributed by atoms with Crippen molar-refractivity contribution in [3.8, 4) is 5.75 Å². The molecule has 0 aromatic heterocycles. The van der Waals surface area contributed by atoms with Gasteiger partial charge in [-0.1, -0.05) is 0 Å².